The highest BCUT2D eigenvalue weighted by Crippen LogP contribution is 2.25. The van der Waals surface area contributed by atoms with E-state index in [2.05, 4.69) is 37.9 Å². The van der Waals surface area contributed by atoms with Crippen LogP contribution in [0.25, 0.3) is 0 Å². The van der Waals surface area contributed by atoms with Gasteiger partial charge in [0.05, 0.1) is 5.69 Å². The maximum absolute atomic E-state index is 14.3. The predicted molar refractivity (Wildman–Crippen MR) is 81.3 cm³/mol. The minimum Gasteiger partial charge on any atom is -0.369 e. The van der Waals surface area contributed by atoms with Gasteiger partial charge in [0, 0.05) is 19.1 Å². The van der Waals surface area contributed by atoms with E-state index >= 15 is 0 Å². The van der Waals surface area contributed by atoms with Crippen LogP contribution < -0.4 is 10.2 Å². The summed E-state index contributed by atoms with van der Waals surface area (Å²) in [5, 5.41) is 3.30. The molecular formula is C16H27FN2. The molecule has 0 aliphatic rings. The Bertz CT molecular complexity index is 388. The molecule has 0 aliphatic carbocycles. The molecule has 0 saturated heterocycles. The summed E-state index contributed by atoms with van der Waals surface area (Å²) < 4.78 is 14.3. The lowest BCUT2D eigenvalue weighted by atomic mass is 10.1. The van der Waals surface area contributed by atoms with Crippen molar-refractivity contribution in [2.45, 2.75) is 52.6 Å². The molecular weight excluding hydrogens is 239 g/mol. The molecule has 2 nitrogen and oxygen atoms in total. The summed E-state index contributed by atoms with van der Waals surface area (Å²) in [4.78, 5) is 2.05. The van der Waals surface area contributed by atoms with Gasteiger partial charge in [0.15, 0.2) is 0 Å². The van der Waals surface area contributed by atoms with Crippen LogP contribution in [0.1, 0.15) is 52.1 Å². The molecule has 3 heteroatoms. The second-order valence-corrected chi connectivity index (χ2v) is 5.07. The number of hydrogen-bond acceptors (Lipinski definition) is 2. The van der Waals surface area contributed by atoms with E-state index in [0.29, 0.717) is 11.7 Å². The van der Waals surface area contributed by atoms with Gasteiger partial charge in [-0.25, -0.2) is 4.39 Å². The molecule has 0 aromatic heterocycles. The second-order valence-electron chi connectivity index (χ2n) is 5.07. The van der Waals surface area contributed by atoms with E-state index in [1.165, 1.54) is 0 Å². The lowest BCUT2D eigenvalue weighted by molar-refractivity contribution is 0.558. The zero-order chi connectivity index (χ0) is 14.4. The molecule has 1 unspecified atom stereocenters. The first-order valence-electron chi connectivity index (χ1n) is 7.30. The second kappa shape index (κ2) is 7.49. The maximum Gasteiger partial charge on any atom is 0.146 e. The quantitative estimate of drug-likeness (QED) is 0.798. The van der Waals surface area contributed by atoms with Crippen molar-refractivity contribution in [2.24, 2.45) is 0 Å². The van der Waals surface area contributed by atoms with Gasteiger partial charge in [-0.1, -0.05) is 26.8 Å². The molecule has 1 aromatic rings. The van der Waals surface area contributed by atoms with E-state index in [4.69, 9.17) is 0 Å². The average molecular weight is 266 g/mol. The average Bonchev–Trinajstić information content (AvgIpc) is 2.40. The highest BCUT2D eigenvalue weighted by molar-refractivity contribution is 5.49. The first-order valence-corrected chi connectivity index (χ1v) is 7.30. The molecule has 19 heavy (non-hydrogen) atoms. The number of hydrogen-bond donors (Lipinski definition) is 1. The van der Waals surface area contributed by atoms with E-state index in [1.54, 1.807) is 6.07 Å². The largest absolute Gasteiger partial charge is 0.369 e. The van der Waals surface area contributed by atoms with Crippen molar-refractivity contribution in [1.29, 1.82) is 0 Å². The Morgan fingerprint density at radius 3 is 2.32 bits per heavy atom. The number of benzene rings is 1. The van der Waals surface area contributed by atoms with Crippen LogP contribution in [-0.4, -0.2) is 19.6 Å². The van der Waals surface area contributed by atoms with Gasteiger partial charge in [-0.2, -0.15) is 0 Å². The van der Waals surface area contributed by atoms with Gasteiger partial charge >= 0.3 is 0 Å². The molecule has 1 atom stereocenters. The number of rotatable bonds is 7. The summed E-state index contributed by atoms with van der Waals surface area (Å²) in [6.45, 7) is 9.29. The van der Waals surface area contributed by atoms with Crippen LogP contribution in [0.5, 0.6) is 0 Å². The van der Waals surface area contributed by atoms with Crippen molar-refractivity contribution in [3.63, 3.8) is 0 Å². The monoisotopic (exact) mass is 266 g/mol. The summed E-state index contributed by atoms with van der Waals surface area (Å²) >= 11 is 0. The summed E-state index contributed by atoms with van der Waals surface area (Å²) in [5.74, 6) is -0.128. The summed E-state index contributed by atoms with van der Waals surface area (Å²) in [7, 11) is 1.98. The molecule has 0 heterocycles. The third kappa shape index (κ3) is 3.93. The molecule has 0 radical (unpaired) electrons. The molecule has 0 amide bonds. The van der Waals surface area contributed by atoms with E-state index in [1.807, 2.05) is 19.2 Å². The normalized spacial score (nSPS) is 12.8. The van der Waals surface area contributed by atoms with Gasteiger partial charge in [-0.05, 0) is 44.0 Å². The van der Waals surface area contributed by atoms with Gasteiger partial charge in [-0.15, -0.1) is 0 Å². The van der Waals surface area contributed by atoms with E-state index in [-0.39, 0.29) is 11.9 Å². The lowest BCUT2D eigenvalue weighted by Crippen LogP contribution is -2.31. The molecule has 1 N–H and O–H groups in total. The Labute approximate surface area is 117 Å². The fourth-order valence-corrected chi connectivity index (χ4v) is 2.54. The van der Waals surface area contributed by atoms with Crippen LogP contribution in [0.4, 0.5) is 10.1 Å². The summed E-state index contributed by atoms with van der Waals surface area (Å²) in [5.41, 5.74) is 1.70. The molecule has 0 fully saturated rings. The van der Waals surface area contributed by atoms with Crippen molar-refractivity contribution in [3.8, 4) is 0 Å². The highest BCUT2D eigenvalue weighted by atomic mass is 19.1. The Morgan fingerprint density at radius 1 is 1.21 bits per heavy atom. The van der Waals surface area contributed by atoms with Crippen LogP contribution in [0.15, 0.2) is 18.2 Å². The van der Waals surface area contributed by atoms with Crippen molar-refractivity contribution in [1.82, 2.24) is 5.32 Å². The lowest BCUT2D eigenvalue weighted by Gasteiger charge is -2.29. The zero-order valence-corrected chi connectivity index (χ0v) is 12.8. The Balaban J connectivity index is 2.93. The van der Waals surface area contributed by atoms with Crippen molar-refractivity contribution >= 4 is 5.69 Å². The topological polar surface area (TPSA) is 15.3 Å². The van der Waals surface area contributed by atoms with E-state index < -0.39 is 0 Å². The zero-order valence-electron chi connectivity index (χ0n) is 12.8. The van der Waals surface area contributed by atoms with Crippen molar-refractivity contribution in [3.05, 3.63) is 29.6 Å². The minimum absolute atomic E-state index is 0.128. The van der Waals surface area contributed by atoms with E-state index in [9.17, 15) is 4.39 Å². The van der Waals surface area contributed by atoms with Crippen LogP contribution >= 0.6 is 0 Å². The highest BCUT2D eigenvalue weighted by Gasteiger charge is 2.16. The van der Waals surface area contributed by atoms with Crippen LogP contribution in [-0.2, 0) is 0 Å². The number of halogens is 1. The minimum atomic E-state index is -0.128. The molecule has 1 rings (SSSR count). The van der Waals surface area contributed by atoms with Crippen molar-refractivity contribution in [2.75, 3.05) is 18.5 Å². The number of anilines is 1. The van der Waals surface area contributed by atoms with Gasteiger partial charge in [0.1, 0.15) is 5.82 Å². The fraction of sp³-hybridized carbons (Fsp3) is 0.625. The Kier molecular flexibility index (Phi) is 6.29. The molecule has 0 saturated carbocycles. The van der Waals surface area contributed by atoms with Gasteiger partial charge in [0.25, 0.3) is 0 Å². The number of nitrogens with zero attached hydrogens (tertiary/aromatic N) is 1. The van der Waals surface area contributed by atoms with Crippen LogP contribution in [0, 0.1) is 5.82 Å². The Morgan fingerprint density at radius 2 is 1.84 bits per heavy atom. The molecule has 0 bridgehead atoms. The number of nitrogens with one attached hydrogen (secondary N) is 1. The third-order valence-corrected chi connectivity index (χ3v) is 3.85. The first-order chi connectivity index (χ1) is 9.04. The molecule has 1 aromatic carbocycles. The van der Waals surface area contributed by atoms with Gasteiger partial charge in [-0.3, -0.25) is 0 Å². The predicted octanol–water partition coefficient (Wildman–Crippen LogP) is 4.12. The molecule has 0 spiro atoms. The fourth-order valence-electron chi connectivity index (χ4n) is 2.54. The smallest absolute Gasteiger partial charge is 0.146 e. The van der Waals surface area contributed by atoms with Crippen molar-refractivity contribution < 1.29 is 4.39 Å². The SMILES string of the molecule is CCNC(C)c1ccc(N(C)C(CC)CC)c(F)c1. The van der Waals surface area contributed by atoms with Gasteiger partial charge in [0.2, 0.25) is 0 Å². The van der Waals surface area contributed by atoms with Gasteiger partial charge < -0.3 is 10.2 Å². The van der Waals surface area contributed by atoms with Crippen LogP contribution in [0.2, 0.25) is 0 Å². The first kappa shape index (κ1) is 16.0. The Hall–Kier alpha value is -1.09. The molecule has 0 aliphatic heterocycles. The van der Waals surface area contributed by atoms with Crippen LogP contribution in [0.3, 0.4) is 0 Å². The summed E-state index contributed by atoms with van der Waals surface area (Å²) in [6, 6.07) is 6.15. The molecule has 108 valence electrons. The summed E-state index contributed by atoms with van der Waals surface area (Å²) in [6.07, 6.45) is 2.06. The maximum atomic E-state index is 14.3. The third-order valence-electron chi connectivity index (χ3n) is 3.85. The van der Waals surface area contributed by atoms with E-state index in [0.717, 1.165) is 24.9 Å². The standard InChI is InChI=1S/C16H27FN2/c1-6-14(7-2)19(5)16-10-9-13(11-15(16)17)12(4)18-8-3/h9-12,14,18H,6-8H2,1-5H3.